The summed E-state index contributed by atoms with van der Waals surface area (Å²) in [6, 6.07) is 0.355. The summed E-state index contributed by atoms with van der Waals surface area (Å²) in [4.78, 5) is 23.4. The third-order valence-electron chi connectivity index (χ3n) is 2.85. The zero-order valence-corrected chi connectivity index (χ0v) is 11.7. The third kappa shape index (κ3) is 5.00. The smallest absolute Gasteiger partial charge is 0.230 e. The van der Waals surface area contributed by atoms with Gasteiger partial charge in [0, 0.05) is 19.0 Å². The molecule has 1 atom stereocenters. The van der Waals surface area contributed by atoms with Crippen molar-refractivity contribution in [2.24, 2.45) is 17.6 Å². The number of nitrogens with two attached hydrogens (primary N) is 1. The molecule has 18 heavy (non-hydrogen) atoms. The number of carbonyl (C=O) groups is 2. The summed E-state index contributed by atoms with van der Waals surface area (Å²) in [6.45, 7) is 4.11. The Hall–Kier alpha value is -1.17. The molecule has 0 bridgehead atoms. The fourth-order valence-corrected chi connectivity index (χ4v) is 2.08. The van der Waals surface area contributed by atoms with Crippen LogP contribution in [0.25, 0.3) is 0 Å². The molecule has 0 aromatic rings. The molecule has 6 heteroatoms. The fraction of sp³-hybridized carbons (Fsp3) is 0.750. The van der Waals surface area contributed by atoms with E-state index in [4.69, 9.17) is 18.0 Å². The third-order valence-corrected chi connectivity index (χ3v) is 3.10. The van der Waals surface area contributed by atoms with Gasteiger partial charge >= 0.3 is 0 Å². The van der Waals surface area contributed by atoms with E-state index in [9.17, 15) is 9.59 Å². The van der Waals surface area contributed by atoms with Gasteiger partial charge in [-0.2, -0.15) is 0 Å². The molecule has 4 N–H and O–H groups in total. The molecule has 1 rings (SSSR count). The van der Waals surface area contributed by atoms with Gasteiger partial charge in [-0.3, -0.25) is 9.59 Å². The van der Waals surface area contributed by atoms with Gasteiger partial charge in [0.1, 0.15) is 0 Å². The SMILES string of the molecule is CC(C)C(C(=O)NCCC(=O)NC1CC1)C(N)=S. The Labute approximate surface area is 113 Å². The minimum atomic E-state index is -0.466. The maximum absolute atomic E-state index is 11.8. The Morgan fingerprint density at radius 3 is 2.44 bits per heavy atom. The van der Waals surface area contributed by atoms with Gasteiger partial charge in [-0.05, 0) is 18.8 Å². The molecule has 1 aliphatic carbocycles. The van der Waals surface area contributed by atoms with Crippen LogP contribution < -0.4 is 16.4 Å². The van der Waals surface area contributed by atoms with Crippen LogP contribution in [0.4, 0.5) is 0 Å². The first-order valence-electron chi connectivity index (χ1n) is 6.28. The molecule has 2 amide bonds. The molecule has 0 aromatic carbocycles. The Bertz CT molecular complexity index is 340. The maximum atomic E-state index is 11.8. The van der Waals surface area contributed by atoms with E-state index in [-0.39, 0.29) is 22.7 Å². The Morgan fingerprint density at radius 1 is 1.39 bits per heavy atom. The summed E-state index contributed by atoms with van der Waals surface area (Å²) >= 11 is 4.87. The van der Waals surface area contributed by atoms with Crippen LogP contribution in [0.1, 0.15) is 33.1 Å². The van der Waals surface area contributed by atoms with E-state index in [1.807, 2.05) is 13.8 Å². The first-order valence-corrected chi connectivity index (χ1v) is 6.69. The maximum Gasteiger partial charge on any atom is 0.230 e. The predicted octanol–water partition coefficient (Wildman–Crippen LogP) is 0.330. The van der Waals surface area contributed by atoms with Gasteiger partial charge in [0.25, 0.3) is 0 Å². The number of amides is 2. The Morgan fingerprint density at radius 2 is 2.00 bits per heavy atom. The van der Waals surface area contributed by atoms with Gasteiger partial charge in [0.05, 0.1) is 10.9 Å². The molecule has 0 heterocycles. The lowest BCUT2D eigenvalue weighted by molar-refractivity contribution is -0.124. The van der Waals surface area contributed by atoms with E-state index in [1.54, 1.807) is 0 Å². The molecule has 5 nitrogen and oxygen atoms in total. The molecule has 1 unspecified atom stereocenters. The van der Waals surface area contributed by atoms with Crippen molar-refractivity contribution >= 4 is 29.0 Å². The van der Waals surface area contributed by atoms with E-state index in [2.05, 4.69) is 10.6 Å². The van der Waals surface area contributed by atoms with Gasteiger partial charge in [-0.15, -0.1) is 0 Å². The summed E-state index contributed by atoms with van der Waals surface area (Å²) in [7, 11) is 0. The highest BCUT2D eigenvalue weighted by molar-refractivity contribution is 7.80. The van der Waals surface area contributed by atoms with Crippen molar-refractivity contribution in [2.75, 3.05) is 6.54 Å². The topological polar surface area (TPSA) is 84.2 Å². The lowest BCUT2D eigenvalue weighted by atomic mass is 9.95. The predicted molar refractivity (Wildman–Crippen MR) is 73.9 cm³/mol. The van der Waals surface area contributed by atoms with Crippen molar-refractivity contribution in [3.8, 4) is 0 Å². The quantitative estimate of drug-likeness (QED) is 0.583. The number of thiocarbonyl (C=S) groups is 1. The van der Waals surface area contributed by atoms with E-state index in [0.717, 1.165) is 12.8 Å². The van der Waals surface area contributed by atoms with Gasteiger partial charge in [-0.1, -0.05) is 26.1 Å². The Kier molecular flexibility index (Phi) is 5.53. The van der Waals surface area contributed by atoms with Gasteiger partial charge in [-0.25, -0.2) is 0 Å². The van der Waals surface area contributed by atoms with Crippen LogP contribution in [-0.4, -0.2) is 29.4 Å². The highest BCUT2D eigenvalue weighted by Crippen LogP contribution is 2.18. The lowest BCUT2D eigenvalue weighted by Crippen LogP contribution is -2.42. The zero-order valence-electron chi connectivity index (χ0n) is 10.9. The first kappa shape index (κ1) is 14.9. The molecule has 102 valence electrons. The second-order valence-corrected chi connectivity index (χ2v) is 5.48. The monoisotopic (exact) mass is 271 g/mol. The average Bonchev–Trinajstić information content (AvgIpc) is 3.00. The molecule has 1 aliphatic rings. The Balaban J connectivity index is 2.26. The van der Waals surface area contributed by atoms with Crippen molar-refractivity contribution in [1.82, 2.24) is 10.6 Å². The first-order chi connectivity index (χ1) is 8.41. The second-order valence-electron chi connectivity index (χ2n) is 5.01. The van der Waals surface area contributed by atoms with Crippen LogP contribution in [0.15, 0.2) is 0 Å². The summed E-state index contributed by atoms with van der Waals surface area (Å²) in [5.74, 6) is -0.625. The van der Waals surface area contributed by atoms with Crippen molar-refractivity contribution < 1.29 is 9.59 Å². The van der Waals surface area contributed by atoms with Gasteiger partial charge in [0.2, 0.25) is 11.8 Å². The van der Waals surface area contributed by atoms with Gasteiger partial charge < -0.3 is 16.4 Å². The fourth-order valence-electron chi connectivity index (χ4n) is 1.70. The number of hydrogen-bond donors (Lipinski definition) is 3. The number of hydrogen-bond acceptors (Lipinski definition) is 3. The molecule has 0 aliphatic heterocycles. The largest absolute Gasteiger partial charge is 0.393 e. The van der Waals surface area contributed by atoms with E-state index >= 15 is 0 Å². The van der Waals surface area contributed by atoms with Crippen LogP contribution in [0.3, 0.4) is 0 Å². The highest BCUT2D eigenvalue weighted by atomic mass is 32.1. The molecular weight excluding hydrogens is 250 g/mol. The zero-order chi connectivity index (χ0) is 13.7. The summed E-state index contributed by atoms with van der Waals surface area (Å²) in [6.07, 6.45) is 2.42. The van der Waals surface area contributed by atoms with Crippen LogP contribution in [0.5, 0.6) is 0 Å². The molecule has 1 saturated carbocycles. The van der Waals surface area contributed by atoms with Crippen LogP contribution >= 0.6 is 12.2 Å². The van der Waals surface area contributed by atoms with Crippen LogP contribution in [0, 0.1) is 11.8 Å². The number of nitrogens with one attached hydrogen (secondary N) is 2. The molecule has 0 saturated heterocycles. The average molecular weight is 271 g/mol. The minimum Gasteiger partial charge on any atom is -0.393 e. The molecule has 0 aromatic heterocycles. The van der Waals surface area contributed by atoms with Crippen molar-refractivity contribution in [3.05, 3.63) is 0 Å². The number of rotatable bonds is 7. The minimum absolute atomic E-state index is 0.0192. The van der Waals surface area contributed by atoms with Crippen molar-refractivity contribution in [3.63, 3.8) is 0 Å². The summed E-state index contributed by atoms with van der Waals surface area (Å²) in [5, 5.41) is 5.56. The molecule has 0 spiro atoms. The van der Waals surface area contributed by atoms with E-state index in [1.165, 1.54) is 0 Å². The van der Waals surface area contributed by atoms with Crippen molar-refractivity contribution in [1.29, 1.82) is 0 Å². The van der Waals surface area contributed by atoms with Crippen LogP contribution in [0.2, 0.25) is 0 Å². The van der Waals surface area contributed by atoms with Crippen LogP contribution in [-0.2, 0) is 9.59 Å². The standard InChI is InChI=1S/C12H21N3O2S/c1-7(2)10(11(13)18)12(17)14-6-5-9(16)15-8-3-4-8/h7-8,10H,3-6H2,1-2H3,(H2,13,18)(H,14,17)(H,15,16). The number of carbonyl (C=O) groups excluding carboxylic acids is 2. The molecule has 1 fully saturated rings. The highest BCUT2D eigenvalue weighted by Gasteiger charge is 2.25. The normalized spacial score (nSPS) is 16.2. The van der Waals surface area contributed by atoms with Crippen molar-refractivity contribution in [2.45, 2.75) is 39.2 Å². The second kappa shape index (κ2) is 6.68. The molecule has 0 radical (unpaired) electrons. The summed E-state index contributed by atoms with van der Waals surface area (Å²) in [5.41, 5.74) is 5.54. The van der Waals surface area contributed by atoms with Gasteiger partial charge in [0.15, 0.2) is 0 Å². The molecular formula is C12H21N3O2S. The van der Waals surface area contributed by atoms with E-state index in [0.29, 0.717) is 19.0 Å². The summed E-state index contributed by atoms with van der Waals surface area (Å²) < 4.78 is 0. The lowest BCUT2D eigenvalue weighted by Gasteiger charge is -2.18. The van der Waals surface area contributed by atoms with E-state index < -0.39 is 5.92 Å².